The lowest BCUT2D eigenvalue weighted by Gasteiger charge is -1.93. The Morgan fingerprint density at radius 3 is 2.00 bits per heavy atom. The van der Waals surface area contributed by atoms with E-state index in [1.807, 2.05) is 33.8 Å². The first-order valence-electron chi connectivity index (χ1n) is 5.64. The van der Waals surface area contributed by atoms with E-state index in [9.17, 15) is 4.79 Å². The molecule has 0 aliphatic rings. The third kappa shape index (κ3) is 22.5. The Morgan fingerprint density at radius 2 is 1.64 bits per heavy atom. The third-order valence-corrected chi connectivity index (χ3v) is 0.996. The van der Waals surface area contributed by atoms with Crippen LogP contribution < -0.4 is 0 Å². The molecule has 0 N–H and O–H groups in total. The molecule has 2 nitrogen and oxygen atoms in total. The van der Waals surface area contributed by atoms with Crippen molar-refractivity contribution in [1.29, 1.82) is 0 Å². The Morgan fingerprint density at radius 1 is 1.14 bits per heavy atom. The second kappa shape index (κ2) is 22.8. The SMILES string of the molecule is CC.CC.CCCC=CC(=O)OCC. The van der Waals surface area contributed by atoms with E-state index < -0.39 is 0 Å². The van der Waals surface area contributed by atoms with Gasteiger partial charge < -0.3 is 4.74 Å². The molecule has 2 heteroatoms. The summed E-state index contributed by atoms with van der Waals surface area (Å²) in [6, 6.07) is 0. The monoisotopic (exact) mass is 202 g/mol. The predicted molar refractivity (Wildman–Crippen MR) is 63.4 cm³/mol. The summed E-state index contributed by atoms with van der Waals surface area (Å²) in [6.07, 6.45) is 5.32. The molecule has 0 radical (unpaired) electrons. The standard InChI is InChI=1S/C8H14O2.2C2H6/c1-3-5-6-7-8(9)10-4-2;2*1-2/h6-7H,3-5H2,1-2H3;2*1-2H3. The summed E-state index contributed by atoms with van der Waals surface area (Å²) < 4.78 is 4.66. The zero-order valence-corrected chi connectivity index (χ0v) is 10.6. The van der Waals surface area contributed by atoms with Crippen molar-refractivity contribution in [2.45, 2.75) is 54.4 Å². The van der Waals surface area contributed by atoms with Gasteiger partial charge in [-0.05, 0) is 13.3 Å². The number of esters is 1. The molecule has 0 aromatic rings. The van der Waals surface area contributed by atoms with E-state index in [2.05, 4.69) is 11.7 Å². The maximum absolute atomic E-state index is 10.6. The molecular weight excluding hydrogens is 176 g/mol. The highest BCUT2D eigenvalue weighted by molar-refractivity contribution is 5.81. The fraction of sp³-hybridized carbons (Fsp3) is 0.750. The Balaban J connectivity index is -0.000000266. The minimum atomic E-state index is -0.240. The van der Waals surface area contributed by atoms with E-state index in [4.69, 9.17) is 0 Å². The van der Waals surface area contributed by atoms with Crippen LogP contribution in [0.3, 0.4) is 0 Å². The van der Waals surface area contributed by atoms with Crippen LogP contribution in [-0.4, -0.2) is 12.6 Å². The van der Waals surface area contributed by atoms with Gasteiger partial charge in [-0.15, -0.1) is 0 Å². The lowest BCUT2D eigenvalue weighted by atomic mass is 10.3. The third-order valence-electron chi connectivity index (χ3n) is 0.996. The van der Waals surface area contributed by atoms with E-state index in [1.165, 1.54) is 6.08 Å². The highest BCUT2D eigenvalue weighted by Gasteiger charge is 1.90. The number of rotatable bonds is 4. The van der Waals surface area contributed by atoms with Crippen LogP contribution in [-0.2, 0) is 9.53 Å². The van der Waals surface area contributed by atoms with Crippen molar-refractivity contribution in [3.8, 4) is 0 Å². The van der Waals surface area contributed by atoms with Crippen LogP contribution >= 0.6 is 0 Å². The zero-order chi connectivity index (χ0) is 11.8. The molecule has 0 amide bonds. The lowest BCUT2D eigenvalue weighted by Crippen LogP contribution is -1.98. The zero-order valence-electron chi connectivity index (χ0n) is 10.6. The predicted octanol–water partition coefficient (Wildman–Crippen LogP) is 3.96. The number of hydrogen-bond donors (Lipinski definition) is 0. The van der Waals surface area contributed by atoms with Crippen molar-refractivity contribution in [2.75, 3.05) is 6.61 Å². The molecule has 14 heavy (non-hydrogen) atoms. The first kappa shape index (κ1) is 18.9. The number of allylic oxidation sites excluding steroid dienone is 1. The van der Waals surface area contributed by atoms with Gasteiger partial charge in [-0.25, -0.2) is 4.79 Å². The molecule has 0 saturated carbocycles. The second-order valence-electron chi connectivity index (χ2n) is 1.94. The Labute approximate surface area is 89.4 Å². The van der Waals surface area contributed by atoms with Crippen LogP contribution in [0.1, 0.15) is 54.4 Å². The number of carbonyl (C=O) groups is 1. The molecule has 0 saturated heterocycles. The van der Waals surface area contributed by atoms with Gasteiger partial charge in [0, 0.05) is 6.08 Å². The summed E-state index contributed by atoms with van der Waals surface area (Å²) in [7, 11) is 0. The molecule has 0 rings (SSSR count). The summed E-state index contributed by atoms with van der Waals surface area (Å²) in [5.74, 6) is -0.240. The summed E-state index contributed by atoms with van der Waals surface area (Å²) >= 11 is 0. The molecule has 0 aromatic heterocycles. The molecule has 0 aliphatic carbocycles. The van der Waals surface area contributed by atoms with Crippen molar-refractivity contribution in [3.05, 3.63) is 12.2 Å². The van der Waals surface area contributed by atoms with E-state index >= 15 is 0 Å². The maximum atomic E-state index is 10.6. The van der Waals surface area contributed by atoms with Gasteiger partial charge in [0.1, 0.15) is 0 Å². The normalized spacial score (nSPS) is 8.14. The number of carbonyl (C=O) groups excluding carboxylic acids is 1. The quantitative estimate of drug-likeness (QED) is 0.509. The summed E-state index contributed by atoms with van der Waals surface area (Å²) in [6.45, 7) is 12.3. The van der Waals surface area contributed by atoms with Crippen LogP contribution in [0.5, 0.6) is 0 Å². The second-order valence-corrected chi connectivity index (χ2v) is 1.94. The first-order valence-corrected chi connectivity index (χ1v) is 5.64. The largest absolute Gasteiger partial charge is 0.463 e. The fourth-order valence-electron chi connectivity index (χ4n) is 0.537. The highest BCUT2D eigenvalue weighted by Crippen LogP contribution is 1.89. The molecule has 0 atom stereocenters. The van der Waals surface area contributed by atoms with Gasteiger partial charge in [-0.2, -0.15) is 0 Å². The Hall–Kier alpha value is -0.790. The van der Waals surface area contributed by atoms with Crippen LogP contribution in [0.4, 0.5) is 0 Å². The van der Waals surface area contributed by atoms with Gasteiger partial charge in [-0.3, -0.25) is 0 Å². The van der Waals surface area contributed by atoms with Gasteiger partial charge in [0.2, 0.25) is 0 Å². The molecule has 0 unspecified atom stereocenters. The molecule has 0 aliphatic heterocycles. The van der Waals surface area contributed by atoms with E-state index in [0.29, 0.717) is 6.61 Å². The average molecular weight is 202 g/mol. The molecule has 0 aromatic carbocycles. The molecular formula is C12H26O2. The number of hydrogen-bond acceptors (Lipinski definition) is 2. The Kier molecular flexibility index (Phi) is 30.7. The number of ether oxygens (including phenoxy) is 1. The van der Waals surface area contributed by atoms with Crippen LogP contribution in [0.2, 0.25) is 0 Å². The van der Waals surface area contributed by atoms with Crippen molar-refractivity contribution in [2.24, 2.45) is 0 Å². The van der Waals surface area contributed by atoms with Crippen molar-refractivity contribution in [1.82, 2.24) is 0 Å². The Bertz CT molecular complexity index is 117. The number of unbranched alkanes of at least 4 members (excludes halogenated alkanes) is 1. The van der Waals surface area contributed by atoms with E-state index in [0.717, 1.165) is 12.8 Å². The smallest absolute Gasteiger partial charge is 0.330 e. The van der Waals surface area contributed by atoms with Gasteiger partial charge in [0.15, 0.2) is 0 Å². The van der Waals surface area contributed by atoms with Crippen LogP contribution in [0, 0.1) is 0 Å². The lowest BCUT2D eigenvalue weighted by molar-refractivity contribution is -0.137. The molecule has 0 fully saturated rings. The minimum Gasteiger partial charge on any atom is -0.463 e. The van der Waals surface area contributed by atoms with Gasteiger partial charge in [-0.1, -0.05) is 47.1 Å². The van der Waals surface area contributed by atoms with Crippen molar-refractivity contribution >= 4 is 5.97 Å². The summed E-state index contributed by atoms with van der Waals surface area (Å²) in [5, 5.41) is 0. The van der Waals surface area contributed by atoms with Gasteiger partial charge in [0.05, 0.1) is 6.61 Å². The fourth-order valence-corrected chi connectivity index (χ4v) is 0.537. The van der Waals surface area contributed by atoms with Gasteiger partial charge in [0.25, 0.3) is 0 Å². The van der Waals surface area contributed by atoms with E-state index in [-0.39, 0.29) is 5.97 Å². The van der Waals surface area contributed by atoms with E-state index in [1.54, 1.807) is 6.92 Å². The first-order chi connectivity index (χ1) is 6.81. The van der Waals surface area contributed by atoms with Gasteiger partial charge >= 0.3 is 5.97 Å². The van der Waals surface area contributed by atoms with Crippen molar-refractivity contribution in [3.63, 3.8) is 0 Å². The molecule has 0 bridgehead atoms. The molecule has 0 spiro atoms. The highest BCUT2D eigenvalue weighted by atomic mass is 16.5. The minimum absolute atomic E-state index is 0.240. The maximum Gasteiger partial charge on any atom is 0.330 e. The average Bonchev–Trinajstić information content (AvgIpc) is 2.25. The summed E-state index contributed by atoms with van der Waals surface area (Å²) in [5.41, 5.74) is 0. The topological polar surface area (TPSA) is 26.3 Å². The molecule has 0 heterocycles. The van der Waals surface area contributed by atoms with Crippen LogP contribution in [0.25, 0.3) is 0 Å². The van der Waals surface area contributed by atoms with Crippen molar-refractivity contribution < 1.29 is 9.53 Å². The summed E-state index contributed by atoms with van der Waals surface area (Å²) in [4.78, 5) is 10.6. The van der Waals surface area contributed by atoms with Crippen LogP contribution in [0.15, 0.2) is 12.2 Å². The molecule has 86 valence electrons.